The molecule has 100 valence electrons. The third-order valence-corrected chi connectivity index (χ3v) is 3.95. The molecule has 0 heterocycles. The Morgan fingerprint density at radius 3 is 2.47 bits per heavy atom. The smallest absolute Gasteiger partial charge is 0.0991 e. The number of nitriles is 1. The first kappa shape index (κ1) is 13.8. The van der Waals surface area contributed by atoms with Crippen molar-refractivity contribution in [1.82, 2.24) is 0 Å². The van der Waals surface area contributed by atoms with Crippen LogP contribution in [-0.2, 0) is 4.74 Å². The Labute approximate surface area is 115 Å². The highest BCUT2D eigenvalue weighted by atomic mass is 16.5. The van der Waals surface area contributed by atoms with Crippen LogP contribution < -0.4 is 0 Å². The summed E-state index contributed by atoms with van der Waals surface area (Å²) in [6.07, 6.45) is 6.74. The monoisotopic (exact) mass is 255 g/mol. The highest BCUT2D eigenvalue weighted by Crippen LogP contribution is 2.35. The van der Waals surface area contributed by atoms with Crippen molar-refractivity contribution in [2.24, 2.45) is 5.92 Å². The molecule has 1 fully saturated rings. The SMILES string of the molecule is C=CCOC[C@H]1CC[C@H](c2ccc(C#N)cc2)CC1. The molecule has 1 aromatic rings. The fourth-order valence-electron chi connectivity index (χ4n) is 2.81. The van der Waals surface area contributed by atoms with Crippen LogP contribution in [0.2, 0.25) is 0 Å². The molecule has 0 amide bonds. The van der Waals surface area contributed by atoms with Crippen LogP contribution in [0.25, 0.3) is 0 Å². The Balaban J connectivity index is 1.82. The third kappa shape index (κ3) is 3.94. The summed E-state index contributed by atoms with van der Waals surface area (Å²) < 4.78 is 5.54. The summed E-state index contributed by atoms with van der Waals surface area (Å²) in [6, 6.07) is 10.2. The second-order valence-corrected chi connectivity index (χ2v) is 5.28. The van der Waals surface area contributed by atoms with Crippen LogP contribution in [0.4, 0.5) is 0 Å². The number of hydrogen-bond donors (Lipinski definition) is 0. The zero-order valence-electron chi connectivity index (χ0n) is 11.3. The van der Waals surface area contributed by atoms with Crippen molar-refractivity contribution in [2.45, 2.75) is 31.6 Å². The molecule has 19 heavy (non-hydrogen) atoms. The highest BCUT2D eigenvalue weighted by molar-refractivity contribution is 5.33. The van der Waals surface area contributed by atoms with Crippen molar-refractivity contribution in [2.75, 3.05) is 13.2 Å². The minimum Gasteiger partial charge on any atom is -0.377 e. The van der Waals surface area contributed by atoms with E-state index >= 15 is 0 Å². The van der Waals surface area contributed by atoms with E-state index in [9.17, 15) is 0 Å². The van der Waals surface area contributed by atoms with Gasteiger partial charge < -0.3 is 4.74 Å². The number of rotatable bonds is 5. The second-order valence-electron chi connectivity index (χ2n) is 5.28. The van der Waals surface area contributed by atoms with Gasteiger partial charge in [0, 0.05) is 6.61 Å². The molecule has 1 aromatic carbocycles. The lowest BCUT2D eigenvalue weighted by molar-refractivity contribution is 0.102. The van der Waals surface area contributed by atoms with E-state index in [2.05, 4.69) is 24.8 Å². The van der Waals surface area contributed by atoms with Gasteiger partial charge in [-0.05, 0) is 55.2 Å². The molecule has 2 rings (SSSR count). The van der Waals surface area contributed by atoms with Crippen molar-refractivity contribution in [3.8, 4) is 6.07 Å². The lowest BCUT2D eigenvalue weighted by atomic mass is 9.79. The Kier molecular flexibility index (Phi) is 5.18. The minimum absolute atomic E-state index is 0.656. The average Bonchev–Trinajstić information content (AvgIpc) is 2.48. The van der Waals surface area contributed by atoms with Crippen molar-refractivity contribution in [3.63, 3.8) is 0 Å². The molecule has 1 saturated carbocycles. The molecule has 0 bridgehead atoms. The maximum absolute atomic E-state index is 8.81. The molecule has 0 N–H and O–H groups in total. The van der Waals surface area contributed by atoms with Crippen LogP contribution in [0, 0.1) is 17.2 Å². The molecule has 0 aromatic heterocycles. The fraction of sp³-hybridized carbons (Fsp3) is 0.471. The standard InChI is InChI=1S/C17H21NO/c1-2-11-19-13-15-5-9-17(10-6-15)16-7-3-14(12-18)4-8-16/h2-4,7-8,15,17H,1,5-6,9-11,13H2/t15-,17-. The van der Waals surface area contributed by atoms with Gasteiger partial charge in [0.25, 0.3) is 0 Å². The average molecular weight is 255 g/mol. The molecular weight excluding hydrogens is 234 g/mol. The highest BCUT2D eigenvalue weighted by Gasteiger charge is 2.22. The fourth-order valence-corrected chi connectivity index (χ4v) is 2.81. The van der Waals surface area contributed by atoms with Crippen molar-refractivity contribution in [3.05, 3.63) is 48.0 Å². The summed E-state index contributed by atoms with van der Waals surface area (Å²) in [6.45, 7) is 5.19. The Hall–Kier alpha value is -1.59. The number of hydrogen-bond acceptors (Lipinski definition) is 2. The van der Waals surface area contributed by atoms with Gasteiger partial charge in [-0.1, -0.05) is 18.2 Å². The van der Waals surface area contributed by atoms with E-state index in [1.807, 2.05) is 18.2 Å². The quantitative estimate of drug-likeness (QED) is 0.587. The first-order valence-corrected chi connectivity index (χ1v) is 7.02. The summed E-state index contributed by atoms with van der Waals surface area (Å²) in [5.41, 5.74) is 2.12. The van der Waals surface area contributed by atoms with Crippen LogP contribution in [0.15, 0.2) is 36.9 Å². The van der Waals surface area contributed by atoms with Gasteiger partial charge in [0.05, 0.1) is 18.2 Å². The molecule has 0 unspecified atom stereocenters. The van der Waals surface area contributed by atoms with Gasteiger partial charge >= 0.3 is 0 Å². The summed E-state index contributed by atoms with van der Waals surface area (Å²) in [4.78, 5) is 0. The summed E-state index contributed by atoms with van der Waals surface area (Å²) in [5, 5.41) is 8.81. The molecule has 0 aliphatic heterocycles. The lowest BCUT2D eigenvalue weighted by Gasteiger charge is -2.28. The predicted octanol–water partition coefficient (Wildman–Crippen LogP) is 4.03. The van der Waals surface area contributed by atoms with Crippen LogP contribution in [0.3, 0.4) is 0 Å². The van der Waals surface area contributed by atoms with Gasteiger partial charge in [-0.2, -0.15) is 5.26 Å². The first-order chi connectivity index (χ1) is 9.33. The van der Waals surface area contributed by atoms with E-state index < -0.39 is 0 Å². The Bertz CT molecular complexity index is 435. The van der Waals surface area contributed by atoms with Crippen molar-refractivity contribution in [1.29, 1.82) is 5.26 Å². The molecular formula is C17H21NO. The predicted molar refractivity (Wildman–Crippen MR) is 76.9 cm³/mol. The summed E-state index contributed by atoms with van der Waals surface area (Å²) in [5.74, 6) is 1.36. The zero-order valence-corrected chi connectivity index (χ0v) is 11.3. The molecule has 1 aliphatic carbocycles. The Morgan fingerprint density at radius 2 is 1.89 bits per heavy atom. The van der Waals surface area contributed by atoms with Crippen LogP contribution in [-0.4, -0.2) is 13.2 Å². The second kappa shape index (κ2) is 7.11. The van der Waals surface area contributed by atoms with E-state index in [-0.39, 0.29) is 0 Å². The maximum Gasteiger partial charge on any atom is 0.0991 e. The molecule has 2 heteroatoms. The molecule has 0 saturated heterocycles. The van der Waals surface area contributed by atoms with Crippen LogP contribution in [0.1, 0.15) is 42.7 Å². The number of ether oxygens (including phenoxy) is 1. The maximum atomic E-state index is 8.81. The van der Waals surface area contributed by atoms with Crippen LogP contribution >= 0.6 is 0 Å². The van der Waals surface area contributed by atoms with E-state index in [1.165, 1.54) is 31.2 Å². The van der Waals surface area contributed by atoms with E-state index in [0.717, 1.165) is 12.2 Å². The Morgan fingerprint density at radius 1 is 1.21 bits per heavy atom. The van der Waals surface area contributed by atoms with Gasteiger partial charge in [0.2, 0.25) is 0 Å². The van der Waals surface area contributed by atoms with Gasteiger partial charge in [0.15, 0.2) is 0 Å². The molecule has 2 nitrogen and oxygen atoms in total. The summed E-state index contributed by atoms with van der Waals surface area (Å²) in [7, 11) is 0. The van der Waals surface area contributed by atoms with Gasteiger partial charge in [-0.25, -0.2) is 0 Å². The molecule has 0 radical (unpaired) electrons. The molecule has 0 spiro atoms. The molecule has 0 atom stereocenters. The first-order valence-electron chi connectivity index (χ1n) is 7.02. The summed E-state index contributed by atoms with van der Waals surface area (Å²) >= 11 is 0. The van der Waals surface area contributed by atoms with Gasteiger partial charge in [0.1, 0.15) is 0 Å². The van der Waals surface area contributed by atoms with Crippen LogP contribution in [0.5, 0.6) is 0 Å². The van der Waals surface area contributed by atoms with Crippen molar-refractivity contribution >= 4 is 0 Å². The van der Waals surface area contributed by atoms with E-state index in [4.69, 9.17) is 10.00 Å². The normalized spacial score (nSPS) is 22.7. The third-order valence-electron chi connectivity index (χ3n) is 3.95. The largest absolute Gasteiger partial charge is 0.377 e. The zero-order chi connectivity index (χ0) is 13.5. The molecule has 1 aliphatic rings. The van der Waals surface area contributed by atoms with Gasteiger partial charge in [-0.3, -0.25) is 0 Å². The topological polar surface area (TPSA) is 33.0 Å². The lowest BCUT2D eigenvalue weighted by Crippen LogP contribution is -2.18. The number of nitrogens with zero attached hydrogens (tertiary/aromatic N) is 1. The van der Waals surface area contributed by atoms with Gasteiger partial charge in [-0.15, -0.1) is 6.58 Å². The number of benzene rings is 1. The van der Waals surface area contributed by atoms with Crippen molar-refractivity contribution < 1.29 is 4.74 Å². The minimum atomic E-state index is 0.656. The van der Waals surface area contributed by atoms with E-state index in [0.29, 0.717) is 18.4 Å². The van der Waals surface area contributed by atoms with E-state index in [1.54, 1.807) is 0 Å².